The summed E-state index contributed by atoms with van der Waals surface area (Å²) in [4.78, 5) is 0. The minimum Gasteiger partial charge on any atom is -1.00 e. The third kappa shape index (κ3) is 411. The quantitative estimate of drug-likeness (QED) is 0.367. The molecule has 12 N–H and O–H groups in total. The normalized spacial score (nSPS) is 0. The average Bonchev–Trinajstić information content (AvgIpc) is 0. The predicted molar refractivity (Wildman–Crippen MR) is 21.7 cm³/mol. The predicted octanol–water partition coefficient (Wildman–Crippen LogP) is -7.95. The van der Waals surface area contributed by atoms with Crippen LogP contribution in [-0.2, 0) is 16.5 Å². The molecule has 0 aromatic rings. The number of hydrogen-bond acceptors (Lipinski definition) is 0. The van der Waals surface area contributed by atoms with Gasteiger partial charge in [0.2, 0.25) is 0 Å². The summed E-state index contributed by atoms with van der Waals surface area (Å²) in [5, 5.41) is 0. The summed E-state index contributed by atoms with van der Waals surface area (Å²) in [6.45, 7) is 0. The Balaban J connectivity index is 0. The average molecular weight is 247 g/mol. The summed E-state index contributed by atoms with van der Waals surface area (Å²) in [7, 11) is 0. The van der Waals surface area contributed by atoms with E-state index in [0.717, 1.165) is 0 Å². The largest absolute Gasteiger partial charge is 2.00 e. The van der Waals surface area contributed by atoms with Crippen LogP contribution in [0.25, 0.3) is 0 Å². The van der Waals surface area contributed by atoms with Crippen molar-refractivity contribution < 1.29 is 66.3 Å². The van der Waals surface area contributed by atoms with Gasteiger partial charge in [0.15, 0.2) is 0 Å². The minimum absolute atomic E-state index is 0. The van der Waals surface area contributed by atoms with Crippen molar-refractivity contribution in [2.75, 3.05) is 0 Å². The molecule has 0 bridgehead atoms. The molecular formula is H12BrNiO6+. The molecule has 0 aromatic heterocycles. The SMILES string of the molecule is O.O.O.O.O.O.[Br-].[Ni+2]. The first-order valence-electron chi connectivity index (χ1n) is 0. The molecule has 8 heavy (non-hydrogen) atoms. The van der Waals surface area contributed by atoms with E-state index in [9.17, 15) is 0 Å². The zero-order valence-corrected chi connectivity index (χ0v) is 6.27. The van der Waals surface area contributed by atoms with Gasteiger partial charge in [-0.15, -0.1) is 0 Å². The topological polar surface area (TPSA) is 189 Å². The maximum atomic E-state index is 0. The maximum Gasteiger partial charge on any atom is 2.00 e. The van der Waals surface area contributed by atoms with E-state index in [4.69, 9.17) is 0 Å². The van der Waals surface area contributed by atoms with Crippen LogP contribution in [0.15, 0.2) is 0 Å². The molecule has 6 nitrogen and oxygen atoms in total. The summed E-state index contributed by atoms with van der Waals surface area (Å²) in [6.07, 6.45) is 0. The molecule has 0 aliphatic carbocycles. The fourth-order valence-corrected chi connectivity index (χ4v) is 0. The van der Waals surface area contributed by atoms with Gasteiger partial charge in [-0.25, -0.2) is 0 Å². The molecule has 8 heteroatoms. The van der Waals surface area contributed by atoms with Crippen LogP contribution in [0.2, 0.25) is 0 Å². The molecule has 0 saturated heterocycles. The van der Waals surface area contributed by atoms with Gasteiger partial charge in [0.05, 0.1) is 0 Å². The van der Waals surface area contributed by atoms with E-state index in [1.54, 1.807) is 0 Å². The summed E-state index contributed by atoms with van der Waals surface area (Å²) in [6, 6.07) is 0. The van der Waals surface area contributed by atoms with Crippen molar-refractivity contribution >= 4 is 0 Å². The molecule has 0 aliphatic rings. The summed E-state index contributed by atoms with van der Waals surface area (Å²) in [5.41, 5.74) is 0. The molecule has 0 fully saturated rings. The van der Waals surface area contributed by atoms with Crippen molar-refractivity contribution in [1.82, 2.24) is 0 Å². The third-order valence-corrected chi connectivity index (χ3v) is 0. The van der Waals surface area contributed by atoms with Gasteiger partial charge in [0, 0.05) is 0 Å². The van der Waals surface area contributed by atoms with Gasteiger partial charge in [-0.05, 0) is 0 Å². The van der Waals surface area contributed by atoms with Gasteiger partial charge in [-0.2, -0.15) is 0 Å². The van der Waals surface area contributed by atoms with Crippen LogP contribution in [0, 0.1) is 0 Å². The molecule has 0 aromatic carbocycles. The van der Waals surface area contributed by atoms with E-state index in [2.05, 4.69) is 0 Å². The van der Waals surface area contributed by atoms with E-state index in [0.29, 0.717) is 0 Å². The number of rotatable bonds is 0. The Morgan fingerprint density at radius 2 is 0.375 bits per heavy atom. The van der Waals surface area contributed by atoms with Crippen molar-refractivity contribution in [2.24, 2.45) is 0 Å². The Labute approximate surface area is 66.8 Å². The fourth-order valence-electron chi connectivity index (χ4n) is 0. The Morgan fingerprint density at radius 3 is 0.375 bits per heavy atom. The zero-order valence-electron chi connectivity index (χ0n) is 3.69. The molecule has 0 rings (SSSR count). The summed E-state index contributed by atoms with van der Waals surface area (Å²) >= 11 is 0. The monoisotopic (exact) mass is 245 g/mol. The maximum absolute atomic E-state index is 0. The smallest absolute Gasteiger partial charge is 1.00 e. The standard InChI is InChI=1S/BrH.Ni.6H2O/h1H;;6*1H2/q;+2;;;;;;/p-1. The van der Waals surface area contributed by atoms with Crippen LogP contribution < -0.4 is 17.0 Å². The van der Waals surface area contributed by atoms with Crippen molar-refractivity contribution in [1.29, 1.82) is 0 Å². The number of halogens is 1. The van der Waals surface area contributed by atoms with Gasteiger partial charge in [-0.3, -0.25) is 0 Å². The Hall–Kier alpha value is 0.734. The first-order chi connectivity index (χ1) is 0. The molecule has 0 spiro atoms. The molecule has 0 heterocycles. The van der Waals surface area contributed by atoms with Crippen LogP contribution in [0.5, 0.6) is 0 Å². The second kappa shape index (κ2) is 652. The van der Waals surface area contributed by atoms with Gasteiger partial charge in [0.1, 0.15) is 0 Å². The van der Waals surface area contributed by atoms with Crippen molar-refractivity contribution in [3.05, 3.63) is 0 Å². The van der Waals surface area contributed by atoms with Gasteiger partial charge in [-0.1, -0.05) is 0 Å². The molecule has 64 valence electrons. The van der Waals surface area contributed by atoms with Gasteiger partial charge in [0.25, 0.3) is 0 Å². The second-order valence-electron chi connectivity index (χ2n) is 0. The Kier molecular flexibility index (Phi) is 79100. The van der Waals surface area contributed by atoms with E-state index < -0.39 is 0 Å². The molecule has 0 amide bonds. The van der Waals surface area contributed by atoms with E-state index in [-0.39, 0.29) is 66.3 Å². The first kappa shape index (κ1) is 971. The first-order valence-corrected chi connectivity index (χ1v) is 0. The minimum atomic E-state index is 0. The van der Waals surface area contributed by atoms with Crippen molar-refractivity contribution in [3.63, 3.8) is 0 Å². The number of hydrogen-bond donors (Lipinski definition) is 0. The summed E-state index contributed by atoms with van der Waals surface area (Å²) in [5.74, 6) is 0. The molecular weight excluding hydrogens is 235 g/mol. The van der Waals surface area contributed by atoms with E-state index >= 15 is 0 Å². The molecule has 0 atom stereocenters. The zero-order chi connectivity index (χ0) is 0. The van der Waals surface area contributed by atoms with Crippen LogP contribution >= 0.6 is 0 Å². The third-order valence-electron chi connectivity index (χ3n) is 0. The van der Waals surface area contributed by atoms with Crippen LogP contribution in [0.1, 0.15) is 0 Å². The molecule has 0 aliphatic heterocycles. The molecule has 0 unspecified atom stereocenters. The summed E-state index contributed by atoms with van der Waals surface area (Å²) < 4.78 is 0. The van der Waals surface area contributed by atoms with Crippen LogP contribution in [0.4, 0.5) is 0 Å². The Morgan fingerprint density at radius 1 is 0.375 bits per heavy atom. The van der Waals surface area contributed by atoms with Crippen LogP contribution in [-0.4, -0.2) is 32.9 Å². The molecule has 0 saturated carbocycles. The Bertz CT molecular complexity index is 8.49. The van der Waals surface area contributed by atoms with Crippen LogP contribution in [0.3, 0.4) is 0 Å². The van der Waals surface area contributed by atoms with Crippen molar-refractivity contribution in [2.45, 2.75) is 0 Å². The molecule has 0 radical (unpaired) electrons. The van der Waals surface area contributed by atoms with Gasteiger partial charge < -0.3 is 49.8 Å². The second-order valence-corrected chi connectivity index (χ2v) is 0. The van der Waals surface area contributed by atoms with Gasteiger partial charge >= 0.3 is 16.5 Å². The fraction of sp³-hybridized carbons (Fsp3) is 0. The van der Waals surface area contributed by atoms with Crippen molar-refractivity contribution in [3.8, 4) is 0 Å². The van der Waals surface area contributed by atoms with E-state index in [1.165, 1.54) is 0 Å². The van der Waals surface area contributed by atoms with E-state index in [1.807, 2.05) is 0 Å².